The number of halogens is 1. The fourth-order valence-electron chi connectivity index (χ4n) is 3.21. The molecule has 1 aromatic heterocycles. The molecule has 2 amide bonds. The summed E-state index contributed by atoms with van der Waals surface area (Å²) in [6.45, 7) is 1.18. The third-order valence-corrected chi connectivity index (χ3v) is 4.84. The van der Waals surface area contributed by atoms with Crippen LogP contribution in [0.5, 0.6) is 0 Å². The van der Waals surface area contributed by atoms with E-state index in [1.54, 1.807) is 12.4 Å². The SMILES string of the molecule is O=C(NCc1ccc(Cl)cc1)N1CCc2cc(-c3ccncc3)ccc21. The van der Waals surface area contributed by atoms with Crippen LogP contribution in [-0.2, 0) is 13.0 Å². The number of nitrogens with one attached hydrogen (secondary N) is 1. The van der Waals surface area contributed by atoms with Gasteiger partial charge in [0.15, 0.2) is 0 Å². The van der Waals surface area contributed by atoms with Crippen LogP contribution in [0.3, 0.4) is 0 Å². The third-order valence-electron chi connectivity index (χ3n) is 4.59. The van der Waals surface area contributed by atoms with Gasteiger partial charge >= 0.3 is 6.03 Å². The molecule has 3 aromatic rings. The maximum atomic E-state index is 12.6. The van der Waals surface area contributed by atoms with Gasteiger partial charge in [-0.05, 0) is 65.1 Å². The van der Waals surface area contributed by atoms with Gasteiger partial charge in [0.1, 0.15) is 0 Å². The lowest BCUT2D eigenvalue weighted by Gasteiger charge is -2.18. The molecule has 0 aliphatic carbocycles. The van der Waals surface area contributed by atoms with Crippen LogP contribution < -0.4 is 10.2 Å². The van der Waals surface area contributed by atoms with Crippen molar-refractivity contribution in [3.05, 3.63) is 83.1 Å². The Bertz CT molecular complexity index is 926. The first-order valence-electron chi connectivity index (χ1n) is 8.54. The number of rotatable bonds is 3. The summed E-state index contributed by atoms with van der Waals surface area (Å²) in [5, 5.41) is 3.68. The monoisotopic (exact) mass is 363 g/mol. The molecule has 0 saturated heterocycles. The van der Waals surface area contributed by atoms with Crippen molar-refractivity contribution in [3.63, 3.8) is 0 Å². The quantitative estimate of drug-likeness (QED) is 0.734. The van der Waals surface area contributed by atoms with Crippen molar-refractivity contribution in [2.24, 2.45) is 0 Å². The summed E-state index contributed by atoms with van der Waals surface area (Å²) in [4.78, 5) is 18.5. The Balaban J connectivity index is 1.47. The fourth-order valence-corrected chi connectivity index (χ4v) is 3.34. The molecular weight excluding hydrogens is 346 g/mol. The number of fused-ring (bicyclic) bond motifs is 1. The van der Waals surface area contributed by atoms with Crippen LogP contribution in [0.4, 0.5) is 10.5 Å². The summed E-state index contributed by atoms with van der Waals surface area (Å²) in [6.07, 6.45) is 4.45. The molecule has 2 heterocycles. The predicted molar refractivity (Wildman–Crippen MR) is 104 cm³/mol. The summed E-state index contributed by atoms with van der Waals surface area (Å²) in [6, 6.07) is 17.7. The fraction of sp³-hybridized carbons (Fsp3) is 0.143. The van der Waals surface area contributed by atoms with Gasteiger partial charge in [0, 0.05) is 36.2 Å². The molecule has 1 aliphatic rings. The van der Waals surface area contributed by atoms with Crippen LogP contribution in [0.1, 0.15) is 11.1 Å². The molecule has 1 aliphatic heterocycles. The molecule has 5 heteroatoms. The van der Waals surface area contributed by atoms with Gasteiger partial charge in [-0.25, -0.2) is 4.79 Å². The Morgan fingerprint density at radius 1 is 1.04 bits per heavy atom. The average Bonchev–Trinajstić information content (AvgIpc) is 3.11. The van der Waals surface area contributed by atoms with Crippen LogP contribution in [0, 0.1) is 0 Å². The molecule has 0 fully saturated rings. The van der Waals surface area contributed by atoms with Gasteiger partial charge < -0.3 is 5.32 Å². The lowest BCUT2D eigenvalue weighted by molar-refractivity contribution is 0.246. The normalized spacial score (nSPS) is 12.7. The molecule has 4 rings (SSSR count). The molecule has 2 aromatic carbocycles. The van der Waals surface area contributed by atoms with Gasteiger partial charge in [0.05, 0.1) is 0 Å². The van der Waals surface area contributed by atoms with Gasteiger partial charge in [-0.2, -0.15) is 0 Å². The number of anilines is 1. The second kappa shape index (κ2) is 7.18. The number of pyridine rings is 1. The lowest BCUT2D eigenvalue weighted by Crippen LogP contribution is -2.38. The van der Waals surface area contributed by atoms with E-state index < -0.39 is 0 Å². The minimum absolute atomic E-state index is 0.0737. The number of carbonyl (C=O) groups is 1. The van der Waals surface area contributed by atoms with E-state index >= 15 is 0 Å². The zero-order valence-electron chi connectivity index (χ0n) is 14.2. The second-order valence-corrected chi connectivity index (χ2v) is 6.70. The maximum absolute atomic E-state index is 12.6. The number of hydrogen-bond donors (Lipinski definition) is 1. The van der Waals surface area contributed by atoms with Crippen molar-refractivity contribution < 1.29 is 4.79 Å². The first kappa shape index (κ1) is 16.6. The van der Waals surface area contributed by atoms with Crippen LogP contribution in [0.15, 0.2) is 67.0 Å². The molecule has 0 spiro atoms. The highest BCUT2D eigenvalue weighted by molar-refractivity contribution is 6.30. The minimum atomic E-state index is -0.0737. The van der Waals surface area contributed by atoms with E-state index in [2.05, 4.69) is 22.4 Å². The highest BCUT2D eigenvalue weighted by Crippen LogP contribution is 2.32. The van der Waals surface area contributed by atoms with Crippen molar-refractivity contribution in [3.8, 4) is 11.1 Å². The van der Waals surface area contributed by atoms with E-state index in [0.29, 0.717) is 18.1 Å². The smallest absolute Gasteiger partial charge is 0.322 e. The summed E-state index contributed by atoms with van der Waals surface area (Å²) < 4.78 is 0. The van der Waals surface area contributed by atoms with Gasteiger partial charge in [-0.1, -0.05) is 29.8 Å². The van der Waals surface area contributed by atoms with Crippen LogP contribution in [0.2, 0.25) is 5.02 Å². The van der Waals surface area contributed by atoms with Gasteiger partial charge in [0.2, 0.25) is 0 Å². The molecule has 1 N–H and O–H groups in total. The van der Waals surface area contributed by atoms with E-state index in [0.717, 1.165) is 28.8 Å². The van der Waals surface area contributed by atoms with E-state index in [9.17, 15) is 4.79 Å². The number of hydrogen-bond acceptors (Lipinski definition) is 2. The number of aromatic nitrogens is 1. The Morgan fingerprint density at radius 2 is 1.81 bits per heavy atom. The van der Waals surface area contributed by atoms with Crippen LogP contribution in [0.25, 0.3) is 11.1 Å². The number of benzene rings is 2. The predicted octanol–water partition coefficient (Wildman–Crippen LogP) is 4.67. The lowest BCUT2D eigenvalue weighted by atomic mass is 10.0. The molecule has 0 atom stereocenters. The highest BCUT2D eigenvalue weighted by atomic mass is 35.5. The van der Waals surface area contributed by atoms with Crippen LogP contribution in [-0.4, -0.2) is 17.6 Å². The van der Waals surface area contributed by atoms with Crippen molar-refractivity contribution in [1.29, 1.82) is 0 Å². The Morgan fingerprint density at radius 3 is 2.58 bits per heavy atom. The molecule has 4 nitrogen and oxygen atoms in total. The number of amides is 2. The Hall–Kier alpha value is -2.85. The second-order valence-electron chi connectivity index (χ2n) is 6.27. The number of urea groups is 1. The minimum Gasteiger partial charge on any atom is -0.334 e. The Kier molecular flexibility index (Phi) is 4.59. The van der Waals surface area contributed by atoms with Crippen LogP contribution >= 0.6 is 11.6 Å². The van der Waals surface area contributed by atoms with Gasteiger partial charge in [0.25, 0.3) is 0 Å². The zero-order valence-corrected chi connectivity index (χ0v) is 14.9. The first-order valence-corrected chi connectivity index (χ1v) is 8.91. The molecule has 0 saturated carbocycles. The zero-order chi connectivity index (χ0) is 17.9. The van der Waals surface area contributed by atoms with Crippen molar-refractivity contribution in [1.82, 2.24) is 10.3 Å². The standard InChI is InChI=1S/C21H18ClN3O/c22-19-4-1-15(2-5-19)14-24-21(26)25-12-9-18-13-17(3-6-20(18)25)16-7-10-23-11-8-16/h1-8,10-11,13H,9,12,14H2,(H,24,26). The number of carbonyl (C=O) groups excluding carboxylic acids is 1. The molecule has 0 bridgehead atoms. The summed E-state index contributed by atoms with van der Waals surface area (Å²) >= 11 is 5.89. The summed E-state index contributed by atoms with van der Waals surface area (Å²) in [5.74, 6) is 0. The Labute approximate surface area is 157 Å². The first-order chi connectivity index (χ1) is 12.7. The van der Waals surface area contributed by atoms with Gasteiger partial charge in [-0.15, -0.1) is 0 Å². The van der Waals surface area contributed by atoms with E-state index in [1.165, 1.54) is 5.56 Å². The molecule has 0 radical (unpaired) electrons. The third kappa shape index (κ3) is 3.41. The van der Waals surface area contributed by atoms with E-state index in [-0.39, 0.29) is 6.03 Å². The number of nitrogens with zero attached hydrogens (tertiary/aromatic N) is 2. The van der Waals surface area contributed by atoms with E-state index in [4.69, 9.17) is 11.6 Å². The largest absolute Gasteiger partial charge is 0.334 e. The summed E-state index contributed by atoms with van der Waals surface area (Å²) in [5.41, 5.74) is 5.48. The summed E-state index contributed by atoms with van der Waals surface area (Å²) in [7, 11) is 0. The molecule has 0 unspecified atom stereocenters. The molecular formula is C21H18ClN3O. The molecule has 130 valence electrons. The maximum Gasteiger partial charge on any atom is 0.322 e. The molecule has 26 heavy (non-hydrogen) atoms. The van der Waals surface area contributed by atoms with Crippen molar-refractivity contribution in [2.75, 3.05) is 11.4 Å². The van der Waals surface area contributed by atoms with Gasteiger partial charge in [-0.3, -0.25) is 9.88 Å². The average molecular weight is 364 g/mol. The van der Waals surface area contributed by atoms with E-state index in [1.807, 2.05) is 47.4 Å². The topological polar surface area (TPSA) is 45.2 Å². The highest BCUT2D eigenvalue weighted by Gasteiger charge is 2.24. The van der Waals surface area contributed by atoms with Crippen molar-refractivity contribution in [2.45, 2.75) is 13.0 Å². The van der Waals surface area contributed by atoms with Crippen molar-refractivity contribution >= 4 is 23.3 Å².